The van der Waals surface area contributed by atoms with E-state index in [1.165, 1.54) is 11.5 Å². The fourth-order valence-corrected chi connectivity index (χ4v) is 3.35. The molecule has 0 saturated heterocycles. The van der Waals surface area contributed by atoms with Gasteiger partial charge in [-0.1, -0.05) is 6.92 Å². The molecule has 0 spiro atoms. The van der Waals surface area contributed by atoms with Crippen LogP contribution in [0, 0.1) is 6.92 Å². The van der Waals surface area contributed by atoms with Gasteiger partial charge in [0.05, 0.1) is 34.7 Å². The lowest BCUT2D eigenvalue weighted by molar-refractivity contribution is 0.731. The van der Waals surface area contributed by atoms with Crippen LogP contribution in [0.15, 0.2) is 16.5 Å². The Bertz CT molecular complexity index is 786. The van der Waals surface area contributed by atoms with Crippen LogP contribution in [0.5, 0.6) is 0 Å². The van der Waals surface area contributed by atoms with Gasteiger partial charge in [-0.3, -0.25) is 9.36 Å². The topological polar surface area (TPSA) is 60.7 Å². The molecule has 5 nitrogen and oxygen atoms in total. The smallest absolute Gasteiger partial charge is 0.264 e. The highest BCUT2D eigenvalue weighted by Crippen LogP contribution is 2.16. The average Bonchev–Trinajstić information content (AvgIpc) is 3.00. The van der Waals surface area contributed by atoms with E-state index in [1.807, 2.05) is 12.3 Å². The largest absolute Gasteiger partial charge is 0.292 e. The first-order valence-electron chi connectivity index (χ1n) is 5.93. The number of rotatable bonds is 3. The van der Waals surface area contributed by atoms with Crippen molar-refractivity contribution in [2.45, 2.75) is 26.8 Å². The van der Waals surface area contributed by atoms with Crippen molar-refractivity contribution in [1.29, 1.82) is 0 Å². The lowest BCUT2D eigenvalue weighted by atomic mass is 10.3. The summed E-state index contributed by atoms with van der Waals surface area (Å²) in [6.45, 7) is 4.38. The maximum atomic E-state index is 12.4. The van der Waals surface area contributed by atoms with Crippen LogP contribution in [0.2, 0.25) is 0 Å². The number of nitrogens with zero attached hydrogens (tertiary/aromatic N) is 4. The van der Waals surface area contributed by atoms with E-state index < -0.39 is 0 Å². The Morgan fingerprint density at radius 3 is 3.00 bits per heavy atom. The zero-order chi connectivity index (χ0) is 13.4. The minimum absolute atomic E-state index is 0.0395. The second-order valence-electron chi connectivity index (χ2n) is 4.21. The van der Waals surface area contributed by atoms with Crippen molar-refractivity contribution in [3.8, 4) is 0 Å². The molecule has 0 N–H and O–H groups in total. The molecule has 0 aliphatic heterocycles. The number of aryl methyl sites for hydroxylation is 2. The molecule has 0 unspecified atom stereocenters. The summed E-state index contributed by atoms with van der Waals surface area (Å²) in [5.74, 6) is 0. The standard InChI is InChI=1S/C12H12N4OS2/c1-3-9-14-8(5-18-9)4-16-6-13-11-10(12(16)17)7(2)15-19-11/h5-6H,3-4H2,1-2H3. The first-order valence-corrected chi connectivity index (χ1v) is 7.59. The number of thiazole rings is 1. The molecule has 0 amide bonds. The Kier molecular flexibility index (Phi) is 3.16. The second-order valence-corrected chi connectivity index (χ2v) is 5.91. The maximum Gasteiger partial charge on any atom is 0.264 e. The van der Waals surface area contributed by atoms with Gasteiger partial charge < -0.3 is 0 Å². The van der Waals surface area contributed by atoms with Crippen molar-refractivity contribution in [1.82, 2.24) is 18.9 Å². The number of hydrogen-bond donors (Lipinski definition) is 0. The van der Waals surface area contributed by atoms with E-state index in [0.29, 0.717) is 16.8 Å². The van der Waals surface area contributed by atoms with E-state index >= 15 is 0 Å². The lowest BCUT2D eigenvalue weighted by Crippen LogP contribution is -2.21. The summed E-state index contributed by atoms with van der Waals surface area (Å²) in [6, 6.07) is 0. The van der Waals surface area contributed by atoms with Crippen molar-refractivity contribution in [2.24, 2.45) is 0 Å². The Balaban J connectivity index is 2.03. The predicted octanol–water partition coefficient (Wildman–Crippen LogP) is 2.23. The predicted molar refractivity (Wildman–Crippen MR) is 77.0 cm³/mol. The van der Waals surface area contributed by atoms with Crippen LogP contribution in [-0.2, 0) is 13.0 Å². The normalized spacial score (nSPS) is 11.3. The summed E-state index contributed by atoms with van der Waals surface area (Å²) in [5, 5.41) is 3.71. The minimum Gasteiger partial charge on any atom is -0.292 e. The van der Waals surface area contributed by atoms with Crippen LogP contribution < -0.4 is 5.56 Å². The van der Waals surface area contributed by atoms with Crippen LogP contribution in [0.4, 0.5) is 0 Å². The van der Waals surface area contributed by atoms with Gasteiger partial charge in [-0.25, -0.2) is 9.97 Å². The highest BCUT2D eigenvalue weighted by molar-refractivity contribution is 7.12. The molecule has 0 aliphatic carbocycles. The quantitative estimate of drug-likeness (QED) is 0.742. The Morgan fingerprint density at radius 1 is 1.42 bits per heavy atom. The van der Waals surface area contributed by atoms with Crippen LogP contribution >= 0.6 is 22.9 Å². The molecule has 98 valence electrons. The Morgan fingerprint density at radius 2 is 2.26 bits per heavy atom. The van der Waals surface area contributed by atoms with Gasteiger partial charge in [0.25, 0.3) is 5.56 Å². The van der Waals surface area contributed by atoms with E-state index in [-0.39, 0.29) is 5.56 Å². The third-order valence-electron chi connectivity index (χ3n) is 2.87. The second kappa shape index (κ2) is 4.82. The monoisotopic (exact) mass is 292 g/mol. The summed E-state index contributed by atoms with van der Waals surface area (Å²) in [5.41, 5.74) is 1.62. The molecule has 3 heterocycles. The molecule has 3 aromatic heterocycles. The van der Waals surface area contributed by atoms with Crippen LogP contribution in [0.1, 0.15) is 23.3 Å². The van der Waals surface area contributed by atoms with E-state index in [1.54, 1.807) is 22.2 Å². The third kappa shape index (κ3) is 2.19. The van der Waals surface area contributed by atoms with Crippen LogP contribution in [-0.4, -0.2) is 18.9 Å². The number of fused-ring (bicyclic) bond motifs is 1. The molecule has 0 aromatic carbocycles. The molecular weight excluding hydrogens is 280 g/mol. The molecule has 3 rings (SSSR count). The van der Waals surface area contributed by atoms with Crippen molar-refractivity contribution in [3.05, 3.63) is 38.5 Å². The molecule has 0 atom stereocenters. The van der Waals surface area contributed by atoms with E-state index in [2.05, 4.69) is 21.3 Å². The van der Waals surface area contributed by atoms with Crippen molar-refractivity contribution in [3.63, 3.8) is 0 Å². The average molecular weight is 292 g/mol. The SMILES string of the molecule is CCc1nc(Cn2cnc3snc(C)c3c2=O)cs1. The van der Waals surface area contributed by atoms with Gasteiger partial charge in [0.1, 0.15) is 0 Å². The van der Waals surface area contributed by atoms with Crippen LogP contribution in [0.3, 0.4) is 0 Å². The molecule has 0 aliphatic rings. The molecule has 0 radical (unpaired) electrons. The molecule has 0 saturated carbocycles. The highest BCUT2D eigenvalue weighted by Gasteiger charge is 2.11. The summed E-state index contributed by atoms with van der Waals surface area (Å²) in [4.78, 5) is 21.8. The zero-order valence-electron chi connectivity index (χ0n) is 10.6. The fraction of sp³-hybridized carbons (Fsp3) is 0.333. The first-order chi connectivity index (χ1) is 9.19. The van der Waals surface area contributed by atoms with Gasteiger partial charge in [-0.05, 0) is 24.9 Å². The maximum absolute atomic E-state index is 12.4. The molecule has 7 heteroatoms. The number of hydrogen-bond acceptors (Lipinski definition) is 6. The molecule has 3 aromatic rings. The highest BCUT2D eigenvalue weighted by atomic mass is 32.1. The lowest BCUT2D eigenvalue weighted by Gasteiger charge is -2.02. The van der Waals surface area contributed by atoms with Gasteiger partial charge in [0.2, 0.25) is 0 Å². The summed E-state index contributed by atoms with van der Waals surface area (Å²) in [6.07, 6.45) is 2.50. The summed E-state index contributed by atoms with van der Waals surface area (Å²) >= 11 is 2.89. The van der Waals surface area contributed by atoms with Gasteiger partial charge in [-0.15, -0.1) is 11.3 Å². The zero-order valence-corrected chi connectivity index (χ0v) is 12.2. The summed E-state index contributed by atoms with van der Waals surface area (Å²) in [7, 11) is 0. The van der Waals surface area contributed by atoms with Gasteiger partial charge in [0, 0.05) is 5.38 Å². The van der Waals surface area contributed by atoms with Gasteiger partial charge in [-0.2, -0.15) is 4.37 Å². The van der Waals surface area contributed by atoms with Crippen LogP contribution in [0.25, 0.3) is 10.2 Å². The Hall–Kier alpha value is -1.60. The van der Waals surface area contributed by atoms with Crippen molar-refractivity contribution >= 4 is 33.1 Å². The molecule has 19 heavy (non-hydrogen) atoms. The van der Waals surface area contributed by atoms with Gasteiger partial charge in [0.15, 0.2) is 4.83 Å². The molecule has 0 fully saturated rings. The molecule has 0 bridgehead atoms. The van der Waals surface area contributed by atoms with Gasteiger partial charge >= 0.3 is 0 Å². The van der Waals surface area contributed by atoms with E-state index in [4.69, 9.17) is 0 Å². The van der Waals surface area contributed by atoms with E-state index in [9.17, 15) is 4.79 Å². The first kappa shape index (κ1) is 12.4. The van der Waals surface area contributed by atoms with E-state index in [0.717, 1.165) is 22.8 Å². The molecular formula is C12H12N4OS2. The van der Waals surface area contributed by atoms with Crippen molar-refractivity contribution < 1.29 is 0 Å². The Labute approximate surface area is 117 Å². The minimum atomic E-state index is -0.0395. The number of aromatic nitrogens is 4. The summed E-state index contributed by atoms with van der Waals surface area (Å²) < 4.78 is 5.77. The third-order valence-corrected chi connectivity index (χ3v) is 4.76. The fourth-order valence-electron chi connectivity index (χ4n) is 1.88. The van der Waals surface area contributed by atoms with Crippen molar-refractivity contribution in [2.75, 3.05) is 0 Å².